The number of imide groups is 1. The zero-order valence-corrected chi connectivity index (χ0v) is 18.1. The summed E-state index contributed by atoms with van der Waals surface area (Å²) in [5, 5.41) is 9.04. The van der Waals surface area contributed by atoms with Gasteiger partial charge in [0.15, 0.2) is 0 Å². The van der Waals surface area contributed by atoms with Crippen molar-refractivity contribution in [3.05, 3.63) is 47.0 Å². The van der Waals surface area contributed by atoms with Gasteiger partial charge in [-0.3, -0.25) is 24.4 Å². The summed E-state index contributed by atoms with van der Waals surface area (Å²) in [5.41, 5.74) is 3.24. The molecule has 1 saturated heterocycles. The van der Waals surface area contributed by atoms with E-state index in [1.54, 1.807) is 18.3 Å². The smallest absolute Gasteiger partial charge is 0.294 e. The van der Waals surface area contributed by atoms with Crippen molar-refractivity contribution in [1.29, 1.82) is 0 Å². The molecule has 0 bridgehead atoms. The van der Waals surface area contributed by atoms with Crippen molar-refractivity contribution in [2.24, 2.45) is 0 Å². The Hall–Kier alpha value is -2.29. The summed E-state index contributed by atoms with van der Waals surface area (Å²) < 4.78 is -0.785. The molecule has 1 aliphatic carbocycles. The lowest BCUT2D eigenvalue weighted by Gasteiger charge is -2.26. The second-order valence-corrected chi connectivity index (χ2v) is 9.75. The standard InChI is InChI=1S/C20H18Cl2N4O3S/c21-20(22)8-5-13(6-9-20)17-18(28)26(19(29)30-17)11-16(27)24-14-3-1-12(2-4-14)15-7-10-23-25-15/h1-4,7,10H,5-6,8-9,11H2,(H,23,25)(H,24,27). The van der Waals surface area contributed by atoms with Crippen LogP contribution in [0.3, 0.4) is 0 Å². The molecule has 30 heavy (non-hydrogen) atoms. The fourth-order valence-corrected chi connectivity index (χ4v) is 4.75. The summed E-state index contributed by atoms with van der Waals surface area (Å²) in [6.45, 7) is -0.335. The third kappa shape index (κ3) is 4.55. The van der Waals surface area contributed by atoms with Crippen LogP contribution in [-0.2, 0) is 9.59 Å². The summed E-state index contributed by atoms with van der Waals surface area (Å²) in [7, 11) is 0. The lowest BCUT2D eigenvalue weighted by Crippen LogP contribution is -2.36. The van der Waals surface area contributed by atoms with Gasteiger partial charge in [-0.05, 0) is 61.2 Å². The number of amides is 3. The molecule has 1 aromatic carbocycles. The molecule has 0 atom stereocenters. The number of alkyl halides is 2. The first-order chi connectivity index (χ1) is 14.3. The molecular weight excluding hydrogens is 447 g/mol. The first-order valence-corrected chi connectivity index (χ1v) is 10.9. The van der Waals surface area contributed by atoms with E-state index in [-0.39, 0.29) is 6.54 Å². The number of anilines is 1. The number of thioether (sulfide) groups is 1. The van der Waals surface area contributed by atoms with Crippen LogP contribution in [0.5, 0.6) is 0 Å². The molecule has 2 heterocycles. The van der Waals surface area contributed by atoms with E-state index in [1.807, 2.05) is 18.2 Å². The highest BCUT2D eigenvalue weighted by Crippen LogP contribution is 2.44. The van der Waals surface area contributed by atoms with Gasteiger partial charge in [-0.25, -0.2) is 0 Å². The number of nitrogens with zero attached hydrogens (tertiary/aromatic N) is 2. The van der Waals surface area contributed by atoms with Gasteiger partial charge < -0.3 is 5.32 Å². The number of H-pyrrole nitrogens is 1. The minimum Gasteiger partial charge on any atom is -0.325 e. The number of benzene rings is 1. The molecule has 7 nitrogen and oxygen atoms in total. The summed E-state index contributed by atoms with van der Waals surface area (Å²) in [6.07, 6.45) is 3.86. The van der Waals surface area contributed by atoms with Crippen LogP contribution in [-0.4, -0.2) is 43.0 Å². The maximum Gasteiger partial charge on any atom is 0.294 e. The van der Waals surface area contributed by atoms with Gasteiger partial charge in [0.05, 0.1) is 10.6 Å². The molecule has 0 spiro atoms. The van der Waals surface area contributed by atoms with E-state index in [2.05, 4.69) is 15.5 Å². The number of aromatic nitrogens is 2. The Morgan fingerprint density at radius 2 is 1.87 bits per heavy atom. The van der Waals surface area contributed by atoms with Gasteiger partial charge in [0.1, 0.15) is 10.9 Å². The highest BCUT2D eigenvalue weighted by molar-refractivity contribution is 8.18. The topological polar surface area (TPSA) is 95.2 Å². The molecule has 3 amide bonds. The van der Waals surface area contributed by atoms with Crippen molar-refractivity contribution in [1.82, 2.24) is 15.1 Å². The lowest BCUT2D eigenvalue weighted by molar-refractivity contribution is -0.127. The molecule has 2 aliphatic rings. The predicted molar refractivity (Wildman–Crippen MR) is 117 cm³/mol. The van der Waals surface area contributed by atoms with Crippen LogP contribution in [0.25, 0.3) is 11.3 Å². The van der Waals surface area contributed by atoms with Gasteiger partial charge in [-0.15, -0.1) is 23.2 Å². The Labute approximate surface area is 187 Å². The zero-order chi connectivity index (χ0) is 21.3. The van der Waals surface area contributed by atoms with Crippen LogP contribution in [0.4, 0.5) is 10.5 Å². The first-order valence-electron chi connectivity index (χ1n) is 9.35. The molecule has 1 aromatic heterocycles. The Morgan fingerprint density at radius 3 is 2.50 bits per heavy atom. The van der Waals surface area contributed by atoms with Crippen LogP contribution in [0.2, 0.25) is 0 Å². The minimum absolute atomic E-state index is 0.335. The number of carbonyl (C=O) groups is 3. The first kappa shape index (κ1) is 21.0. The normalized spacial score (nSPS) is 18.8. The van der Waals surface area contributed by atoms with Crippen LogP contribution < -0.4 is 5.32 Å². The monoisotopic (exact) mass is 464 g/mol. The zero-order valence-electron chi connectivity index (χ0n) is 15.8. The fourth-order valence-electron chi connectivity index (χ4n) is 3.39. The van der Waals surface area contributed by atoms with Gasteiger partial charge in [-0.2, -0.15) is 5.10 Å². The van der Waals surface area contributed by atoms with Gasteiger partial charge in [-0.1, -0.05) is 17.7 Å². The largest absolute Gasteiger partial charge is 0.325 e. The third-order valence-electron chi connectivity index (χ3n) is 5.04. The second-order valence-electron chi connectivity index (χ2n) is 7.14. The van der Waals surface area contributed by atoms with Gasteiger partial charge in [0.2, 0.25) is 5.91 Å². The molecule has 2 fully saturated rings. The molecule has 10 heteroatoms. The van der Waals surface area contributed by atoms with E-state index < -0.39 is 21.4 Å². The Kier molecular flexibility index (Phi) is 5.90. The van der Waals surface area contributed by atoms with Gasteiger partial charge >= 0.3 is 0 Å². The molecule has 0 radical (unpaired) electrons. The van der Waals surface area contributed by atoms with Crippen LogP contribution >= 0.6 is 35.0 Å². The Balaban J connectivity index is 1.38. The maximum atomic E-state index is 12.7. The summed E-state index contributed by atoms with van der Waals surface area (Å²) in [5.74, 6) is -0.872. The Bertz CT molecular complexity index is 1010. The SMILES string of the molecule is O=C(CN1C(=O)SC(=C2CCC(Cl)(Cl)CC2)C1=O)Nc1ccc(-c2ccn[nH]2)cc1. The highest BCUT2D eigenvalue weighted by Gasteiger charge is 2.40. The number of carbonyl (C=O) groups excluding carboxylic acids is 3. The van der Waals surface area contributed by atoms with Crippen LogP contribution in [0, 0.1) is 0 Å². The number of halogens is 2. The summed E-state index contributed by atoms with van der Waals surface area (Å²) in [6, 6.07) is 9.01. The molecule has 2 N–H and O–H groups in total. The van der Waals surface area contributed by atoms with Crippen molar-refractivity contribution in [3.63, 3.8) is 0 Å². The quantitative estimate of drug-likeness (QED) is 0.504. The molecule has 156 valence electrons. The Morgan fingerprint density at radius 1 is 1.17 bits per heavy atom. The molecule has 2 aromatic rings. The van der Waals surface area contributed by atoms with Crippen LogP contribution in [0.1, 0.15) is 25.7 Å². The van der Waals surface area contributed by atoms with Gasteiger partial charge in [0, 0.05) is 11.9 Å². The van der Waals surface area contributed by atoms with Crippen molar-refractivity contribution < 1.29 is 14.4 Å². The minimum atomic E-state index is -0.785. The van der Waals surface area contributed by atoms with E-state index >= 15 is 0 Å². The predicted octanol–water partition coefficient (Wildman–Crippen LogP) is 4.71. The number of allylic oxidation sites excluding steroid dienone is 1. The fraction of sp³-hybridized carbons (Fsp3) is 0.300. The van der Waals surface area contributed by atoms with Crippen LogP contribution in [0.15, 0.2) is 47.0 Å². The number of aromatic amines is 1. The van der Waals surface area contributed by atoms with E-state index in [0.29, 0.717) is 36.3 Å². The highest BCUT2D eigenvalue weighted by atomic mass is 35.5. The van der Waals surface area contributed by atoms with Gasteiger partial charge in [0.25, 0.3) is 11.1 Å². The van der Waals surface area contributed by atoms with Crippen molar-refractivity contribution in [2.75, 3.05) is 11.9 Å². The van der Waals surface area contributed by atoms with E-state index in [1.165, 1.54) is 0 Å². The molecular formula is C20H18Cl2N4O3S. The lowest BCUT2D eigenvalue weighted by atomic mass is 9.93. The average Bonchev–Trinajstić information content (AvgIpc) is 3.33. The van der Waals surface area contributed by atoms with E-state index in [0.717, 1.165) is 33.5 Å². The average molecular weight is 465 g/mol. The summed E-state index contributed by atoms with van der Waals surface area (Å²) >= 11 is 13.2. The molecule has 1 saturated carbocycles. The van der Waals surface area contributed by atoms with E-state index in [4.69, 9.17) is 23.2 Å². The number of rotatable bonds is 4. The second kappa shape index (κ2) is 8.45. The van der Waals surface area contributed by atoms with Crippen molar-refractivity contribution in [3.8, 4) is 11.3 Å². The van der Waals surface area contributed by atoms with Crippen molar-refractivity contribution in [2.45, 2.75) is 30.0 Å². The number of hydrogen-bond donors (Lipinski definition) is 2. The summed E-state index contributed by atoms with van der Waals surface area (Å²) in [4.78, 5) is 38.8. The molecule has 1 aliphatic heterocycles. The van der Waals surface area contributed by atoms with Crippen molar-refractivity contribution >= 4 is 57.7 Å². The number of nitrogens with one attached hydrogen (secondary N) is 2. The van der Waals surface area contributed by atoms with E-state index in [9.17, 15) is 14.4 Å². The third-order valence-corrected chi connectivity index (χ3v) is 6.86. The molecule has 4 rings (SSSR count). The number of hydrogen-bond acceptors (Lipinski definition) is 5. The molecule has 0 unspecified atom stereocenters. The maximum absolute atomic E-state index is 12.7.